The standard InChI is InChI=1S/C11H9F6NO.ClH/c12-10(13,14)5-1-2-6(11(15,16)17)9-8(5)7(18)3-4-19-9;/h1-2,7H,3-4,18H2;1H. The summed E-state index contributed by atoms with van der Waals surface area (Å²) in [4.78, 5) is 0. The molecule has 2 N–H and O–H groups in total. The first-order valence-corrected chi connectivity index (χ1v) is 5.32. The van der Waals surface area contributed by atoms with Gasteiger partial charge in [-0.25, -0.2) is 0 Å². The van der Waals surface area contributed by atoms with Gasteiger partial charge < -0.3 is 10.5 Å². The molecule has 1 heterocycles. The number of ether oxygens (including phenoxy) is 1. The van der Waals surface area contributed by atoms with Gasteiger partial charge in [-0.2, -0.15) is 26.3 Å². The predicted octanol–water partition coefficient (Wildman–Crippen LogP) is 3.93. The van der Waals surface area contributed by atoms with E-state index in [4.69, 9.17) is 10.5 Å². The van der Waals surface area contributed by atoms with Crippen LogP contribution >= 0.6 is 12.4 Å². The van der Waals surface area contributed by atoms with Crippen LogP contribution in [0, 0.1) is 0 Å². The van der Waals surface area contributed by atoms with Gasteiger partial charge in [0.05, 0.1) is 17.7 Å². The van der Waals surface area contributed by atoms with Crippen molar-refractivity contribution in [3.8, 4) is 5.75 Å². The topological polar surface area (TPSA) is 35.2 Å². The van der Waals surface area contributed by atoms with E-state index in [1.54, 1.807) is 0 Å². The maximum Gasteiger partial charge on any atom is 0.419 e. The molecule has 1 unspecified atom stereocenters. The van der Waals surface area contributed by atoms with Crippen LogP contribution in [0.15, 0.2) is 12.1 Å². The van der Waals surface area contributed by atoms with Crippen molar-refractivity contribution in [1.82, 2.24) is 0 Å². The van der Waals surface area contributed by atoms with Crippen molar-refractivity contribution < 1.29 is 31.1 Å². The number of fused-ring (bicyclic) bond motifs is 1. The molecule has 1 atom stereocenters. The van der Waals surface area contributed by atoms with Gasteiger partial charge in [-0.1, -0.05) is 0 Å². The Morgan fingerprint density at radius 3 is 2.00 bits per heavy atom. The maximum atomic E-state index is 12.8. The van der Waals surface area contributed by atoms with Gasteiger partial charge in [-0.3, -0.25) is 0 Å². The lowest BCUT2D eigenvalue weighted by Crippen LogP contribution is -2.27. The second-order valence-electron chi connectivity index (χ2n) is 4.14. The van der Waals surface area contributed by atoms with E-state index in [-0.39, 0.29) is 25.4 Å². The molecule has 0 aliphatic carbocycles. The fourth-order valence-corrected chi connectivity index (χ4v) is 2.03. The molecule has 114 valence electrons. The van der Waals surface area contributed by atoms with Crippen LogP contribution < -0.4 is 10.5 Å². The van der Waals surface area contributed by atoms with E-state index >= 15 is 0 Å². The summed E-state index contributed by atoms with van der Waals surface area (Å²) < 4.78 is 81.3. The van der Waals surface area contributed by atoms with E-state index in [9.17, 15) is 26.3 Å². The average molecular weight is 322 g/mol. The van der Waals surface area contributed by atoms with Crippen molar-refractivity contribution in [2.45, 2.75) is 24.8 Å². The summed E-state index contributed by atoms with van der Waals surface area (Å²) in [5.74, 6) is -0.805. The van der Waals surface area contributed by atoms with Crippen LogP contribution in [0.25, 0.3) is 0 Å². The van der Waals surface area contributed by atoms with Crippen LogP contribution in [-0.2, 0) is 12.4 Å². The molecule has 1 aromatic rings. The molecule has 20 heavy (non-hydrogen) atoms. The molecule has 0 fully saturated rings. The Hall–Kier alpha value is -1.15. The lowest BCUT2D eigenvalue weighted by atomic mass is 9.92. The number of halogens is 7. The fraction of sp³-hybridized carbons (Fsp3) is 0.455. The Labute approximate surface area is 116 Å². The van der Waals surface area contributed by atoms with Crippen LogP contribution in [0.4, 0.5) is 26.3 Å². The molecular weight excluding hydrogens is 312 g/mol. The lowest BCUT2D eigenvalue weighted by Gasteiger charge is -2.28. The van der Waals surface area contributed by atoms with Gasteiger partial charge in [0.1, 0.15) is 5.75 Å². The van der Waals surface area contributed by atoms with Crippen LogP contribution in [0.1, 0.15) is 29.2 Å². The quantitative estimate of drug-likeness (QED) is 0.735. The zero-order chi connectivity index (χ0) is 14.4. The highest BCUT2D eigenvalue weighted by Gasteiger charge is 2.43. The third kappa shape index (κ3) is 2.95. The first-order valence-electron chi connectivity index (χ1n) is 5.32. The molecule has 0 bridgehead atoms. The first kappa shape index (κ1) is 16.9. The Balaban J connectivity index is 0.00000200. The highest BCUT2D eigenvalue weighted by atomic mass is 35.5. The van der Waals surface area contributed by atoms with Crippen LogP contribution in [-0.4, -0.2) is 6.61 Å². The Morgan fingerprint density at radius 1 is 1.00 bits per heavy atom. The third-order valence-electron chi connectivity index (χ3n) is 2.85. The Bertz CT molecular complexity index is 499. The van der Waals surface area contributed by atoms with Crippen molar-refractivity contribution in [3.63, 3.8) is 0 Å². The number of alkyl halides is 6. The van der Waals surface area contributed by atoms with Crippen molar-refractivity contribution in [3.05, 3.63) is 28.8 Å². The number of rotatable bonds is 0. The van der Waals surface area contributed by atoms with Crippen LogP contribution in [0.3, 0.4) is 0 Å². The molecule has 2 rings (SSSR count). The molecule has 1 aliphatic heterocycles. The van der Waals surface area contributed by atoms with E-state index in [1.165, 1.54) is 0 Å². The predicted molar refractivity (Wildman–Crippen MR) is 60.7 cm³/mol. The molecule has 1 aromatic carbocycles. The van der Waals surface area contributed by atoms with Crippen molar-refractivity contribution in [1.29, 1.82) is 0 Å². The molecule has 0 spiro atoms. The van der Waals surface area contributed by atoms with E-state index in [0.717, 1.165) is 0 Å². The van der Waals surface area contributed by atoms with Crippen molar-refractivity contribution in [2.75, 3.05) is 6.61 Å². The highest BCUT2D eigenvalue weighted by molar-refractivity contribution is 5.85. The van der Waals surface area contributed by atoms with E-state index in [0.29, 0.717) is 12.1 Å². The van der Waals surface area contributed by atoms with Crippen molar-refractivity contribution >= 4 is 12.4 Å². The van der Waals surface area contributed by atoms with Gasteiger partial charge in [-0.15, -0.1) is 12.4 Å². The summed E-state index contributed by atoms with van der Waals surface area (Å²) in [5.41, 5.74) is 2.48. The lowest BCUT2D eigenvalue weighted by molar-refractivity contribution is -0.143. The summed E-state index contributed by atoms with van der Waals surface area (Å²) in [6.45, 7) is -0.140. The molecule has 1 aliphatic rings. The van der Waals surface area contributed by atoms with Crippen LogP contribution in [0.2, 0.25) is 0 Å². The fourth-order valence-electron chi connectivity index (χ4n) is 2.03. The zero-order valence-electron chi connectivity index (χ0n) is 9.81. The third-order valence-corrected chi connectivity index (χ3v) is 2.85. The summed E-state index contributed by atoms with van der Waals surface area (Å²) in [6, 6.07) is -0.349. The largest absolute Gasteiger partial charge is 0.493 e. The van der Waals surface area contributed by atoms with E-state index < -0.39 is 40.8 Å². The van der Waals surface area contributed by atoms with Gasteiger partial charge in [-0.05, 0) is 12.1 Å². The second kappa shape index (κ2) is 5.33. The minimum Gasteiger partial charge on any atom is -0.493 e. The molecule has 2 nitrogen and oxygen atoms in total. The number of hydrogen-bond donors (Lipinski definition) is 1. The molecule has 0 radical (unpaired) electrons. The molecule has 9 heteroatoms. The summed E-state index contributed by atoms with van der Waals surface area (Å²) >= 11 is 0. The number of nitrogens with two attached hydrogens (primary N) is 1. The Morgan fingerprint density at radius 2 is 1.50 bits per heavy atom. The van der Waals surface area contributed by atoms with E-state index in [1.807, 2.05) is 0 Å². The molecule has 0 saturated heterocycles. The molecule has 0 amide bonds. The molecular formula is C11H10ClF6NO. The Kier molecular flexibility index (Phi) is 4.50. The van der Waals surface area contributed by atoms with E-state index in [2.05, 4.69) is 0 Å². The van der Waals surface area contributed by atoms with Gasteiger partial charge in [0.15, 0.2) is 0 Å². The van der Waals surface area contributed by atoms with Gasteiger partial charge in [0, 0.05) is 18.0 Å². The summed E-state index contributed by atoms with van der Waals surface area (Å²) in [5, 5.41) is 0. The zero-order valence-corrected chi connectivity index (χ0v) is 10.6. The minimum absolute atomic E-state index is 0. The molecule has 0 saturated carbocycles. The van der Waals surface area contributed by atoms with Crippen LogP contribution in [0.5, 0.6) is 5.75 Å². The normalized spacial score (nSPS) is 18.9. The maximum absolute atomic E-state index is 12.8. The first-order chi connectivity index (χ1) is 8.62. The minimum atomic E-state index is -4.79. The summed E-state index contributed by atoms with van der Waals surface area (Å²) in [7, 11) is 0. The highest BCUT2D eigenvalue weighted by Crippen LogP contribution is 2.47. The molecule has 0 aromatic heterocycles. The smallest absolute Gasteiger partial charge is 0.419 e. The number of benzene rings is 1. The van der Waals surface area contributed by atoms with Gasteiger partial charge in [0.2, 0.25) is 0 Å². The monoisotopic (exact) mass is 321 g/mol. The van der Waals surface area contributed by atoms with Crippen molar-refractivity contribution in [2.24, 2.45) is 5.73 Å². The SMILES string of the molecule is Cl.NC1CCOc2c(C(F)(F)F)ccc(C(F)(F)F)c21. The van der Waals surface area contributed by atoms with Gasteiger partial charge >= 0.3 is 12.4 Å². The average Bonchev–Trinajstić information content (AvgIpc) is 2.25. The second-order valence-corrected chi connectivity index (χ2v) is 4.14. The van der Waals surface area contributed by atoms with Gasteiger partial charge in [0.25, 0.3) is 0 Å². The summed E-state index contributed by atoms with van der Waals surface area (Å²) in [6.07, 6.45) is -9.52. The number of hydrogen-bond acceptors (Lipinski definition) is 2.